The lowest BCUT2D eigenvalue weighted by Gasteiger charge is -2.27. The summed E-state index contributed by atoms with van der Waals surface area (Å²) >= 11 is 0. The molecule has 1 heterocycles. The molecule has 22 heavy (non-hydrogen) atoms. The number of carbonyl (C=O) groups is 1. The highest BCUT2D eigenvalue weighted by atomic mass is 19.1. The third kappa shape index (κ3) is 4.78. The first-order valence-electron chi connectivity index (χ1n) is 8.03. The third-order valence-electron chi connectivity index (χ3n) is 4.27. The molecule has 1 aliphatic heterocycles. The number of aliphatic hydroxyl groups excluding tert-OH is 1. The fourth-order valence-corrected chi connectivity index (χ4v) is 2.82. The Hall–Kier alpha value is -1.46. The Morgan fingerprint density at radius 2 is 2.00 bits per heavy atom. The van der Waals surface area contributed by atoms with E-state index in [1.807, 2.05) is 6.92 Å². The second-order valence-corrected chi connectivity index (χ2v) is 5.94. The number of likely N-dealkylation sites (tertiary alicyclic amines) is 1. The topological polar surface area (TPSA) is 52.6 Å². The van der Waals surface area contributed by atoms with E-state index >= 15 is 0 Å². The molecule has 1 fully saturated rings. The Kier molecular flexibility index (Phi) is 6.34. The van der Waals surface area contributed by atoms with Crippen molar-refractivity contribution >= 4 is 5.91 Å². The Morgan fingerprint density at radius 1 is 1.32 bits per heavy atom. The zero-order valence-electron chi connectivity index (χ0n) is 13.1. The van der Waals surface area contributed by atoms with Gasteiger partial charge in [-0.3, -0.25) is 9.69 Å². The first-order valence-corrected chi connectivity index (χ1v) is 8.03. The van der Waals surface area contributed by atoms with Crippen LogP contribution in [0.15, 0.2) is 24.3 Å². The fraction of sp³-hybridized carbons (Fsp3) is 0.588. The second-order valence-electron chi connectivity index (χ2n) is 5.94. The summed E-state index contributed by atoms with van der Waals surface area (Å²) in [5, 5.41) is 12.8. The average Bonchev–Trinajstić information content (AvgIpc) is 2.80. The molecule has 1 saturated heterocycles. The predicted molar refractivity (Wildman–Crippen MR) is 83.9 cm³/mol. The number of nitrogens with zero attached hydrogens (tertiary/aromatic N) is 1. The van der Waals surface area contributed by atoms with Crippen LogP contribution >= 0.6 is 0 Å². The van der Waals surface area contributed by atoms with Crippen molar-refractivity contribution in [2.45, 2.75) is 44.8 Å². The molecule has 1 aromatic rings. The summed E-state index contributed by atoms with van der Waals surface area (Å²) in [4.78, 5) is 14.4. The Bertz CT molecular complexity index is 487. The number of amides is 1. The van der Waals surface area contributed by atoms with Gasteiger partial charge in [0.1, 0.15) is 5.82 Å². The molecule has 0 aliphatic carbocycles. The van der Waals surface area contributed by atoms with Gasteiger partial charge in [0.25, 0.3) is 0 Å². The minimum atomic E-state index is -0.893. The van der Waals surface area contributed by atoms with E-state index in [1.54, 1.807) is 12.1 Å². The van der Waals surface area contributed by atoms with Crippen molar-refractivity contribution in [1.29, 1.82) is 0 Å². The molecule has 1 aromatic carbocycles. The number of hydrogen-bond acceptors (Lipinski definition) is 3. The van der Waals surface area contributed by atoms with E-state index in [-0.39, 0.29) is 24.3 Å². The molecule has 2 rings (SSSR count). The number of hydrogen-bond donors (Lipinski definition) is 2. The summed E-state index contributed by atoms with van der Waals surface area (Å²) < 4.78 is 13.1. The molecule has 0 radical (unpaired) electrons. The zero-order valence-corrected chi connectivity index (χ0v) is 13.1. The van der Waals surface area contributed by atoms with Gasteiger partial charge in [0.2, 0.25) is 5.91 Å². The fourth-order valence-electron chi connectivity index (χ4n) is 2.82. The minimum absolute atomic E-state index is 0.0858. The van der Waals surface area contributed by atoms with Gasteiger partial charge in [0.05, 0.1) is 12.1 Å². The normalized spacial score (nSPS) is 19.2. The Morgan fingerprint density at radius 3 is 2.64 bits per heavy atom. The summed E-state index contributed by atoms with van der Waals surface area (Å²) in [7, 11) is 0. The first kappa shape index (κ1) is 16.9. The van der Waals surface area contributed by atoms with Crippen LogP contribution in [0.4, 0.5) is 4.39 Å². The number of rotatable bonds is 5. The SMILES string of the molecule is C[C@H](C(=O)NC[C@H](O)c1cccc(F)c1)N1CCCCCC1. The van der Waals surface area contributed by atoms with Crippen molar-refractivity contribution in [3.8, 4) is 0 Å². The average molecular weight is 308 g/mol. The standard InChI is InChI=1S/C17H25FN2O2/c1-13(20-9-4-2-3-5-10-20)17(22)19-12-16(21)14-7-6-8-15(18)11-14/h6-8,11,13,16,21H,2-5,9-10,12H2,1H3,(H,19,22)/t13-,16+/m1/s1. The van der Waals surface area contributed by atoms with E-state index < -0.39 is 6.10 Å². The summed E-state index contributed by atoms with van der Waals surface area (Å²) in [6.45, 7) is 3.89. The van der Waals surface area contributed by atoms with Crippen LogP contribution in [-0.4, -0.2) is 41.6 Å². The maximum atomic E-state index is 13.1. The van der Waals surface area contributed by atoms with Gasteiger partial charge in [0, 0.05) is 6.54 Å². The van der Waals surface area contributed by atoms with Crippen LogP contribution in [0.3, 0.4) is 0 Å². The van der Waals surface area contributed by atoms with Crippen molar-refractivity contribution < 1.29 is 14.3 Å². The molecule has 2 atom stereocenters. The third-order valence-corrected chi connectivity index (χ3v) is 4.27. The van der Waals surface area contributed by atoms with Gasteiger partial charge in [0.15, 0.2) is 0 Å². The highest BCUT2D eigenvalue weighted by molar-refractivity contribution is 5.81. The molecule has 2 N–H and O–H groups in total. The van der Waals surface area contributed by atoms with Crippen molar-refractivity contribution in [2.75, 3.05) is 19.6 Å². The number of benzene rings is 1. The van der Waals surface area contributed by atoms with Gasteiger partial charge in [-0.05, 0) is 50.6 Å². The number of carbonyl (C=O) groups excluding carboxylic acids is 1. The van der Waals surface area contributed by atoms with Crippen LogP contribution in [-0.2, 0) is 4.79 Å². The highest BCUT2D eigenvalue weighted by Crippen LogP contribution is 2.14. The van der Waals surface area contributed by atoms with Crippen molar-refractivity contribution in [1.82, 2.24) is 10.2 Å². The lowest BCUT2D eigenvalue weighted by molar-refractivity contribution is -0.126. The smallest absolute Gasteiger partial charge is 0.237 e. The monoisotopic (exact) mass is 308 g/mol. The van der Waals surface area contributed by atoms with Crippen molar-refractivity contribution in [3.63, 3.8) is 0 Å². The van der Waals surface area contributed by atoms with E-state index in [1.165, 1.54) is 25.0 Å². The molecule has 0 unspecified atom stereocenters. The minimum Gasteiger partial charge on any atom is -0.387 e. The van der Waals surface area contributed by atoms with Crippen molar-refractivity contribution in [2.24, 2.45) is 0 Å². The van der Waals surface area contributed by atoms with Crippen LogP contribution in [0.25, 0.3) is 0 Å². The van der Waals surface area contributed by atoms with E-state index in [0.29, 0.717) is 5.56 Å². The van der Waals surface area contributed by atoms with Crippen LogP contribution in [0, 0.1) is 5.82 Å². The lowest BCUT2D eigenvalue weighted by Crippen LogP contribution is -2.46. The van der Waals surface area contributed by atoms with Crippen molar-refractivity contribution in [3.05, 3.63) is 35.6 Å². The number of halogens is 1. The first-order chi connectivity index (χ1) is 10.6. The summed E-state index contributed by atoms with van der Waals surface area (Å²) in [6, 6.07) is 5.62. The molecule has 1 aliphatic rings. The van der Waals surface area contributed by atoms with Crippen LogP contribution in [0.2, 0.25) is 0 Å². The molecule has 0 saturated carbocycles. The maximum Gasteiger partial charge on any atom is 0.237 e. The van der Waals surface area contributed by atoms with Gasteiger partial charge >= 0.3 is 0 Å². The van der Waals surface area contributed by atoms with Gasteiger partial charge in [-0.15, -0.1) is 0 Å². The van der Waals surface area contributed by atoms with Gasteiger partial charge in [-0.1, -0.05) is 25.0 Å². The molecule has 0 bridgehead atoms. The molecule has 0 spiro atoms. The van der Waals surface area contributed by atoms with E-state index in [2.05, 4.69) is 10.2 Å². The molecule has 4 nitrogen and oxygen atoms in total. The largest absolute Gasteiger partial charge is 0.387 e. The van der Waals surface area contributed by atoms with Gasteiger partial charge in [-0.25, -0.2) is 4.39 Å². The van der Waals surface area contributed by atoms with E-state index in [9.17, 15) is 14.3 Å². The molecule has 122 valence electrons. The molecule has 5 heteroatoms. The molecule has 0 aromatic heterocycles. The summed E-state index contributed by atoms with van der Waals surface area (Å²) in [6.07, 6.45) is 3.82. The second kappa shape index (κ2) is 8.25. The lowest BCUT2D eigenvalue weighted by atomic mass is 10.1. The van der Waals surface area contributed by atoms with Gasteiger partial charge < -0.3 is 10.4 Å². The predicted octanol–water partition coefficient (Wildman–Crippen LogP) is 2.24. The van der Waals surface area contributed by atoms with E-state index in [4.69, 9.17) is 0 Å². The molecule has 1 amide bonds. The zero-order chi connectivity index (χ0) is 15.9. The Labute approximate surface area is 131 Å². The molecular formula is C17H25FN2O2. The maximum absolute atomic E-state index is 13.1. The summed E-state index contributed by atoms with van der Waals surface area (Å²) in [5.74, 6) is -0.474. The number of aliphatic hydroxyl groups is 1. The van der Waals surface area contributed by atoms with Crippen LogP contribution in [0.1, 0.15) is 44.3 Å². The van der Waals surface area contributed by atoms with Gasteiger partial charge in [-0.2, -0.15) is 0 Å². The van der Waals surface area contributed by atoms with E-state index in [0.717, 1.165) is 25.9 Å². The Balaban J connectivity index is 1.83. The number of nitrogens with one attached hydrogen (secondary N) is 1. The van der Waals surface area contributed by atoms with Crippen LogP contribution < -0.4 is 5.32 Å². The molecular weight excluding hydrogens is 283 g/mol. The highest BCUT2D eigenvalue weighted by Gasteiger charge is 2.22. The van der Waals surface area contributed by atoms with Crippen LogP contribution in [0.5, 0.6) is 0 Å². The quantitative estimate of drug-likeness (QED) is 0.877. The summed E-state index contributed by atoms with van der Waals surface area (Å²) in [5.41, 5.74) is 0.475.